The largest absolute Gasteiger partial charge is 0.368 e. The SMILES string of the molecule is CC(C)(S)[C@H](NCP(=O)(O)O)C(N)=O.CN(C)C(=O)[C@H](CS)NCP(=O)(O)O. The minimum absolute atomic E-state index is 0.191. The van der Waals surface area contributed by atoms with Crippen LogP contribution in [0.3, 0.4) is 0 Å². The van der Waals surface area contributed by atoms with Gasteiger partial charge in [0.25, 0.3) is 0 Å². The fraction of sp³-hybridized carbons (Fsp3) is 0.833. The normalized spacial score (nSPS) is 14.5. The van der Waals surface area contributed by atoms with Gasteiger partial charge >= 0.3 is 15.2 Å². The van der Waals surface area contributed by atoms with Crippen molar-refractivity contribution in [2.45, 2.75) is 30.7 Å². The van der Waals surface area contributed by atoms with E-state index in [-0.39, 0.29) is 11.7 Å². The van der Waals surface area contributed by atoms with E-state index in [9.17, 15) is 18.7 Å². The van der Waals surface area contributed by atoms with Crippen molar-refractivity contribution < 1.29 is 38.3 Å². The maximum absolute atomic E-state index is 11.4. The van der Waals surface area contributed by atoms with E-state index in [1.165, 1.54) is 4.90 Å². The molecule has 0 radical (unpaired) electrons. The highest BCUT2D eigenvalue weighted by Gasteiger charge is 2.31. The third-order valence-electron chi connectivity index (χ3n) is 2.96. The molecular weight excluding hydrogens is 454 g/mol. The van der Waals surface area contributed by atoms with Crippen molar-refractivity contribution >= 4 is 52.3 Å². The minimum atomic E-state index is -4.18. The van der Waals surface area contributed by atoms with Gasteiger partial charge in [0.1, 0.15) is 6.04 Å². The van der Waals surface area contributed by atoms with Crippen LogP contribution in [-0.2, 0) is 18.7 Å². The number of rotatable bonds is 10. The van der Waals surface area contributed by atoms with E-state index in [0.29, 0.717) is 0 Å². The maximum atomic E-state index is 11.4. The Kier molecular flexibility index (Phi) is 13.5. The van der Waals surface area contributed by atoms with Crippen LogP contribution in [0, 0.1) is 0 Å². The molecule has 168 valence electrons. The monoisotopic (exact) mass is 484 g/mol. The number of carbonyl (C=O) groups excluding carboxylic acids is 2. The molecule has 0 aromatic carbocycles. The van der Waals surface area contributed by atoms with Crippen LogP contribution in [0.25, 0.3) is 0 Å². The molecule has 0 heterocycles. The van der Waals surface area contributed by atoms with Gasteiger partial charge in [0.15, 0.2) is 0 Å². The second-order valence-electron chi connectivity index (χ2n) is 6.51. The van der Waals surface area contributed by atoms with E-state index in [4.69, 9.17) is 25.3 Å². The zero-order chi connectivity index (χ0) is 22.9. The first-order valence-corrected chi connectivity index (χ1v) is 12.4. The third-order valence-corrected chi connectivity index (χ3v) is 4.77. The number of nitrogens with zero attached hydrogens (tertiary/aromatic N) is 1. The van der Waals surface area contributed by atoms with Crippen LogP contribution >= 0.6 is 40.4 Å². The number of amides is 2. The maximum Gasteiger partial charge on any atom is 0.339 e. The van der Waals surface area contributed by atoms with E-state index in [2.05, 4.69) is 35.9 Å². The molecule has 28 heavy (non-hydrogen) atoms. The molecule has 2 amide bonds. The Morgan fingerprint density at radius 2 is 1.46 bits per heavy atom. The quantitative estimate of drug-likeness (QED) is 0.128. The van der Waals surface area contributed by atoms with Gasteiger partial charge in [0.2, 0.25) is 11.8 Å². The Morgan fingerprint density at radius 3 is 1.71 bits per heavy atom. The summed E-state index contributed by atoms with van der Waals surface area (Å²) in [5.74, 6) is -0.760. The molecule has 0 unspecified atom stereocenters. The Hall–Kier alpha value is -0.140. The summed E-state index contributed by atoms with van der Waals surface area (Å²) in [5, 5.41) is 4.84. The lowest BCUT2D eigenvalue weighted by Gasteiger charge is -2.27. The second kappa shape index (κ2) is 12.5. The van der Waals surface area contributed by atoms with Gasteiger partial charge in [-0.3, -0.25) is 29.4 Å². The highest BCUT2D eigenvalue weighted by molar-refractivity contribution is 7.81. The predicted molar refractivity (Wildman–Crippen MR) is 112 cm³/mol. The molecule has 0 fully saturated rings. The first-order chi connectivity index (χ1) is 12.3. The molecule has 12 nitrogen and oxygen atoms in total. The van der Waals surface area contributed by atoms with Gasteiger partial charge in [-0.1, -0.05) is 0 Å². The van der Waals surface area contributed by atoms with Gasteiger partial charge in [0.05, 0.1) is 18.6 Å². The molecule has 8 N–H and O–H groups in total. The fourth-order valence-corrected chi connectivity index (χ4v) is 3.06. The van der Waals surface area contributed by atoms with Gasteiger partial charge in [-0.25, -0.2) is 0 Å². The third kappa shape index (κ3) is 15.7. The number of carbonyl (C=O) groups is 2. The summed E-state index contributed by atoms with van der Waals surface area (Å²) in [6.07, 6.45) is -1.11. The smallest absolute Gasteiger partial charge is 0.339 e. The van der Waals surface area contributed by atoms with Crippen molar-refractivity contribution in [3.8, 4) is 0 Å². The molecule has 0 saturated heterocycles. The predicted octanol–water partition coefficient (Wildman–Crippen LogP) is -1.63. The Morgan fingerprint density at radius 1 is 1.07 bits per heavy atom. The first kappa shape index (κ1) is 30.1. The molecule has 16 heteroatoms. The van der Waals surface area contributed by atoms with Crippen molar-refractivity contribution in [1.82, 2.24) is 15.5 Å². The van der Waals surface area contributed by atoms with Crippen LogP contribution in [0.5, 0.6) is 0 Å². The molecule has 0 aliphatic heterocycles. The van der Waals surface area contributed by atoms with Crippen LogP contribution in [-0.4, -0.2) is 85.5 Å². The molecule has 0 spiro atoms. The van der Waals surface area contributed by atoms with Gasteiger partial charge in [-0.15, -0.1) is 0 Å². The minimum Gasteiger partial charge on any atom is -0.368 e. The zero-order valence-electron chi connectivity index (χ0n) is 16.0. The molecule has 0 aromatic heterocycles. The van der Waals surface area contributed by atoms with Crippen molar-refractivity contribution in [3.63, 3.8) is 0 Å². The average Bonchev–Trinajstić information content (AvgIpc) is 2.43. The van der Waals surface area contributed by atoms with E-state index in [1.807, 2.05) is 0 Å². The molecule has 2 atom stereocenters. The first-order valence-electron chi connectivity index (χ1n) is 7.71. The number of likely N-dealkylation sites (N-methyl/N-ethyl adjacent to an activating group) is 1. The fourth-order valence-electron chi connectivity index (χ4n) is 1.68. The van der Waals surface area contributed by atoms with Crippen molar-refractivity contribution in [2.75, 3.05) is 32.4 Å². The van der Waals surface area contributed by atoms with E-state index in [1.54, 1.807) is 27.9 Å². The lowest BCUT2D eigenvalue weighted by molar-refractivity contribution is -0.130. The van der Waals surface area contributed by atoms with Gasteiger partial charge in [-0.2, -0.15) is 25.3 Å². The molecule has 0 aliphatic rings. The summed E-state index contributed by atoms with van der Waals surface area (Å²) < 4.78 is 20.3. The second-order valence-corrected chi connectivity index (χ2v) is 11.3. The topological polar surface area (TPSA) is 203 Å². The summed E-state index contributed by atoms with van der Waals surface area (Å²) >= 11 is 8.02. The van der Waals surface area contributed by atoms with E-state index < -0.39 is 50.5 Å². The van der Waals surface area contributed by atoms with Crippen LogP contribution in [0.1, 0.15) is 13.8 Å². The van der Waals surface area contributed by atoms with Crippen LogP contribution in [0.2, 0.25) is 0 Å². The highest BCUT2D eigenvalue weighted by Crippen LogP contribution is 2.33. The summed E-state index contributed by atoms with van der Waals surface area (Å²) in [5.41, 5.74) is 5.05. The van der Waals surface area contributed by atoms with Crippen LogP contribution in [0.4, 0.5) is 0 Å². The Bertz CT molecular complexity index is 605. The molecule has 0 bridgehead atoms. The number of hydrogen-bond donors (Lipinski definition) is 9. The number of nitrogens with two attached hydrogens (primary N) is 1. The lowest BCUT2D eigenvalue weighted by Crippen LogP contribution is -2.52. The average molecular weight is 484 g/mol. The lowest BCUT2D eigenvalue weighted by atomic mass is 10.0. The van der Waals surface area contributed by atoms with Crippen LogP contribution in [0.15, 0.2) is 0 Å². The van der Waals surface area contributed by atoms with Crippen LogP contribution < -0.4 is 16.4 Å². The molecular formula is C12H30N4O8P2S2. The molecule has 0 saturated carbocycles. The number of hydrogen-bond acceptors (Lipinski definition) is 8. The summed E-state index contributed by atoms with van der Waals surface area (Å²) in [6.45, 7) is 3.25. The van der Waals surface area contributed by atoms with E-state index >= 15 is 0 Å². The highest BCUT2D eigenvalue weighted by atomic mass is 32.1. The van der Waals surface area contributed by atoms with Crippen molar-refractivity contribution in [3.05, 3.63) is 0 Å². The molecule has 0 rings (SSSR count). The summed E-state index contributed by atoms with van der Waals surface area (Å²) in [6, 6.07) is -1.56. The number of nitrogens with one attached hydrogen (secondary N) is 2. The Labute approximate surface area is 175 Å². The van der Waals surface area contributed by atoms with Gasteiger partial charge < -0.3 is 30.2 Å². The molecule has 0 aliphatic carbocycles. The number of primary amides is 1. The zero-order valence-corrected chi connectivity index (χ0v) is 19.6. The standard InChI is InChI=1S/2C6H15N2O4PS/c1-6(2,14)4(5(7)9)8-3-13(10,11)12;1-8(2)6(9)5(3-14)7-4-13(10,11)12/h4,8,14H,3H2,1-2H3,(H2,7,9)(H2,10,11,12);5,7,14H,3-4H2,1-2H3,(H2,10,11,12)/t4-;5-/m10/s1. The van der Waals surface area contributed by atoms with Gasteiger partial charge in [0, 0.05) is 24.6 Å². The van der Waals surface area contributed by atoms with Crippen molar-refractivity contribution in [1.29, 1.82) is 0 Å². The summed E-state index contributed by atoms with van der Waals surface area (Å²) in [7, 11) is -5.17. The van der Waals surface area contributed by atoms with Gasteiger partial charge in [-0.05, 0) is 13.8 Å². The summed E-state index contributed by atoms with van der Waals surface area (Å²) in [4.78, 5) is 57.9. The Balaban J connectivity index is 0. The van der Waals surface area contributed by atoms with Crippen molar-refractivity contribution in [2.24, 2.45) is 5.73 Å². The number of thiol groups is 2. The van der Waals surface area contributed by atoms with E-state index in [0.717, 1.165) is 0 Å². The molecule has 0 aromatic rings.